The average molecular weight is 322 g/mol. The summed E-state index contributed by atoms with van der Waals surface area (Å²) in [6.45, 7) is 0. The van der Waals surface area contributed by atoms with E-state index in [1.165, 1.54) is 0 Å². The number of rotatable bonds is 3. The Labute approximate surface area is 139 Å². The second-order valence-corrected chi connectivity index (χ2v) is 6.53. The molecular formula is C19H18N2O3. The van der Waals surface area contributed by atoms with Crippen LogP contribution in [0.3, 0.4) is 0 Å². The molecule has 1 amide bonds. The largest absolute Gasteiger partial charge is 0.481 e. The molecule has 1 aromatic heterocycles. The third-order valence-corrected chi connectivity index (χ3v) is 5.09. The Morgan fingerprint density at radius 3 is 2.62 bits per heavy atom. The topological polar surface area (TPSA) is 79.3 Å². The van der Waals surface area contributed by atoms with Crippen LogP contribution in [-0.4, -0.2) is 22.0 Å². The lowest BCUT2D eigenvalue weighted by atomic mass is 10.0. The van der Waals surface area contributed by atoms with Crippen molar-refractivity contribution in [1.29, 1.82) is 0 Å². The van der Waals surface area contributed by atoms with Crippen molar-refractivity contribution in [1.82, 2.24) is 10.3 Å². The number of benzene rings is 1. The first-order valence-electron chi connectivity index (χ1n) is 8.18. The van der Waals surface area contributed by atoms with Crippen molar-refractivity contribution in [3.8, 4) is 0 Å². The summed E-state index contributed by atoms with van der Waals surface area (Å²) in [5.74, 6) is -1.52. The minimum Gasteiger partial charge on any atom is -0.481 e. The van der Waals surface area contributed by atoms with Gasteiger partial charge in [-0.2, -0.15) is 0 Å². The normalized spacial score (nSPS) is 24.2. The fraction of sp³-hybridized carbons (Fsp3) is 0.316. The number of hydrogen-bond donors (Lipinski definition) is 2. The van der Waals surface area contributed by atoms with E-state index < -0.39 is 11.9 Å². The number of nitrogens with zero attached hydrogens (tertiary/aromatic N) is 1. The van der Waals surface area contributed by atoms with Crippen LogP contribution in [0.15, 0.2) is 42.6 Å². The number of hydrogen-bond acceptors (Lipinski definition) is 3. The maximum Gasteiger partial charge on any atom is 0.311 e. The number of carbonyl (C=O) groups excluding carboxylic acids is 1. The molecule has 2 aliphatic rings. The predicted molar refractivity (Wildman–Crippen MR) is 87.5 cm³/mol. The summed E-state index contributed by atoms with van der Waals surface area (Å²) in [6.07, 6.45) is 3.52. The molecule has 0 bridgehead atoms. The molecule has 0 aliphatic heterocycles. The Kier molecular flexibility index (Phi) is 3.56. The average Bonchev–Trinajstić information content (AvgIpc) is 3.17. The molecule has 1 aromatic carbocycles. The van der Waals surface area contributed by atoms with Crippen LogP contribution >= 0.6 is 0 Å². The van der Waals surface area contributed by atoms with Crippen molar-refractivity contribution in [2.24, 2.45) is 5.92 Å². The highest BCUT2D eigenvalue weighted by Crippen LogP contribution is 2.40. The first-order chi connectivity index (χ1) is 11.6. The summed E-state index contributed by atoms with van der Waals surface area (Å²) in [7, 11) is 0. The fourth-order valence-electron chi connectivity index (χ4n) is 3.89. The zero-order valence-corrected chi connectivity index (χ0v) is 13.1. The number of nitrogens with one attached hydrogen (secondary N) is 1. The molecule has 1 unspecified atom stereocenters. The molecule has 24 heavy (non-hydrogen) atoms. The molecule has 0 radical (unpaired) electrons. The second kappa shape index (κ2) is 5.74. The lowest BCUT2D eigenvalue weighted by Gasteiger charge is -2.17. The zero-order valence-electron chi connectivity index (χ0n) is 13.1. The summed E-state index contributed by atoms with van der Waals surface area (Å²) in [6, 6.07) is 11.2. The van der Waals surface area contributed by atoms with Gasteiger partial charge in [0.05, 0.1) is 12.0 Å². The van der Waals surface area contributed by atoms with Crippen molar-refractivity contribution in [3.05, 3.63) is 65.0 Å². The number of pyridine rings is 1. The molecule has 5 heteroatoms. The van der Waals surface area contributed by atoms with Gasteiger partial charge in [0.25, 0.3) is 0 Å². The van der Waals surface area contributed by atoms with E-state index in [9.17, 15) is 14.7 Å². The molecule has 122 valence electrons. The molecule has 0 fully saturated rings. The van der Waals surface area contributed by atoms with Gasteiger partial charge in [0.1, 0.15) is 0 Å². The van der Waals surface area contributed by atoms with Crippen LogP contribution < -0.4 is 5.32 Å². The standard InChI is InChI=1S/C19H18N2O3/c22-18(12-8-11-4-3-7-20-16(11)9-12)21-17-10-15(19(23)24)13-5-1-2-6-14(13)17/h1-7,12,15,17H,8-10H2,(H,21,22)(H,23,24)/t12?,15-,17+/m1/s1. The van der Waals surface area contributed by atoms with Gasteiger partial charge in [0.2, 0.25) is 5.91 Å². The SMILES string of the molecule is O=C(N[C@H]1C[C@@H](C(=O)O)c2ccccc21)C1Cc2cccnc2C1. The predicted octanol–water partition coefficient (Wildman–Crippen LogP) is 2.23. The van der Waals surface area contributed by atoms with E-state index in [2.05, 4.69) is 10.3 Å². The zero-order chi connectivity index (χ0) is 16.7. The van der Waals surface area contributed by atoms with Crippen molar-refractivity contribution >= 4 is 11.9 Å². The summed E-state index contributed by atoms with van der Waals surface area (Å²) >= 11 is 0. The van der Waals surface area contributed by atoms with Crippen molar-refractivity contribution < 1.29 is 14.7 Å². The summed E-state index contributed by atoms with van der Waals surface area (Å²) < 4.78 is 0. The maximum atomic E-state index is 12.7. The minimum absolute atomic E-state index is 0.0150. The molecule has 2 aromatic rings. The van der Waals surface area contributed by atoms with Gasteiger partial charge in [-0.25, -0.2) is 0 Å². The molecule has 2 N–H and O–H groups in total. The van der Waals surface area contributed by atoms with Gasteiger partial charge in [0, 0.05) is 24.2 Å². The van der Waals surface area contributed by atoms with Crippen molar-refractivity contribution in [2.45, 2.75) is 31.2 Å². The van der Waals surface area contributed by atoms with Gasteiger partial charge >= 0.3 is 5.97 Å². The molecule has 2 aliphatic carbocycles. The smallest absolute Gasteiger partial charge is 0.311 e. The molecule has 3 atom stereocenters. The van der Waals surface area contributed by atoms with E-state index in [1.54, 1.807) is 6.20 Å². The number of carboxylic acids is 1. The lowest BCUT2D eigenvalue weighted by Crippen LogP contribution is -2.33. The summed E-state index contributed by atoms with van der Waals surface area (Å²) in [5, 5.41) is 12.5. The van der Waals surface area contributed by atoms with E-state index in [4.69, 9.17) is 0 Å². The monoisotopic (exact) mass is 322 g/mol. The molecular weight excluding hydrogens is 304 g/mol. The minimum atomic E-state index is -0.836. The van der Waals surface area contributed by atoms with Crippen LogP contribution in [-0.2, 0) is 22.4 Å². The number of aliphatic carboxylic acids is 1. The summed E-state index contributed by atoms with van der Waals surface area (Å²) in [4.78, 5) is 28.5. The Morgan fingerprint density at radius 2 is 1.88 bits per heavy atom. The molecule has 5 nitrogen and oxygen atoms in total. The van der Waals surface area contributed by atoms with E-state index in [-0.39, 0.29) is 17.9 Å². The Balaban J connectivity index is 1.50. The van der Waals surface area contributed by atoms with Gasteiger partial charge in [-0.05, 0) is 35.6 Å². The van der Waals surface area contributed by atoms with Gasteiger partial charge in [0.15, 0.2) is 0 Å². The number of carboxylic acid groups (broad SMARTS) is 1. The van der Waals surface area contributed by atoms with Crippen LogP contribution in [0.4, 0.5) is 0 Å². The number of aromatic nitrogens is 1. The molecule has 1 heterocycles. The highest BCUT2D eigenvalue weighted by atomic mass is 16.4. The Morgan fingerprint density at radius 1 is 1.08 bits per heavy atom. The quantitative estimate of drug-likeness (QED) is 0.908. The summed E-state index contributed by atoms with van der Waals surface area (Å²) in [5.41, 5.74) is 3.86. The fourth-order valence-corrected chi connectivity index (χ4v) is 3.89. The van der Waals surface area contributed by atoms with E-state index in [1.807, 2.05) is 36.4 Å². The van der Waals surface area contributed by atoms with Gasteiger partial charge < -0.3 is 10.4 Å². The molecule has 4 rings (SSSR count). The first kappa shape index (κ1) is 14.9. The highest BCUT2D eigenvalue weighted by Gasteiger charge is 2.37. The number of carbonyl (C=O) groups is 2. The number of amides is 1. The third kappa shape index (κ3) is 2.46. The molecule has 0 saturated heterocycles. The van der Waals surface area contributed by atoms with Crippen LogP contribution in [0.5, 0.6) is 0 Å². The van der Waals surface area contributed by atoms with Crippen LogP contribution in [0.25, 0.3) is 0 Å². The second-order valence-electron chi connectivity index (χ2n) is 6.53. The van der Waals surface area contributed by atoms with Crippen LogP contribution in [0.1, 0.15) is 40.8 Å². The number of fused-ring (bicyclic) bond motifs is 2. The maximum absolute atomic E-state index is 12.7. The van der Waals surface area contributed by atoms with Gasteiger partial charge in [-0.1, -0.05) is 30.3 Å². The van der Waals surface area contributed by atoms with Gasteiger partial charge in [-0.3, -0.25) is 14.6 Å². The van der Waals surface area contributed by atoms with E-state index >= 15 is 0 Å². The highest BCUT2D eigenvalue weighted by molar-refractivity contribution is 5.82. The third-order valence-electron chi connectivity index (χ3n) is 5.09. The van der Waals surface area contributed by atoms with Gasteiger partial charge in [-0.15, -0.1) is 0 Å². The Bertz CT molecular complexity index is 793. The lowest BCUT2D eigenvalue weighted by molar-refractivity contribution is -0.139. The van der Waals surface area contributed by atoms with Crippen LogP contribution in [0.2, 0.25) is 0 Å². The van der Waals surface area contributed by atoms with E-state index in [0.717, 1.165) is 22.4 Å². The van der Waals surface area contributed by atoms with Crippen LogP contribution in [0, 0.1) is 5.92 Å². The van der Waals surface area contributed by atoms with E-state index in [0.29, 0.717) is 19.3 Å². The molecule has 0 spiro atoms. The molecule has 0 saturated carbocycles. The first-order valence-corrected chi connectivity index (χ1v) is 8.18. The Hall–Kier alpha value is -2.69. The van der Waals surface area contributed by atoms with Crippen molar-refractivity contribution in [2.75, 3.05) is 0 Å². The van der Waals surface area contributed by atoms with Crippen molar-refractivity contribution in [3.63, 3.8) is 0 Å².